The van der Waals surface area contributed by atoms with Gasteiger partial charge >= 0.3 is 0 Å². The van der Waals surface area contributed by atoms with Crippen LogP contribution in [-0.4, -0.2) is 24.0 Å². The summed E-state index contributed by atoms with van der Waals surface area (Å²) >= 11 is 0. The van der Waals surface area contributed by atoms with E-state index in [0.717, 1.165) is 5.56 Å². The SMILES string of the molecule is CC(C)n1nc2c(c1N)CCS(=O)(=O)C2. The Morgan fingerprint density at radius 2 is 2.13 bits per heavy atom. The summed E-state index contributed by atoms with van der Waals surface area (Å²) in [6.07, 6.45) is 0.496. The van der Waals surface area contributed by atoms with Gasteiger partial charge in [-0.2, -0.15) is 5.10 Å². The Morgan fingerprint density at radius 1 is 1.47 bits per heavy atom. The van der Waals surface area contributed by atoms with Gasteiger partial charge in [0, 0.05) is 11.6 Å². The highest BCUT2D eigenvalue weighted by Crippen LogP contribution is 2.26. The zero-order chi connectivity index (χ0) is 11.2. The summed E-state index contributed by atoms with van der Waals surface area (Å²) in [5, 5.41) is 4.26. The lowest BCUT2D eigenvalue weighted by molar-refractivity contribution is 0.535. The fourth-order valence-electron chi connectivity index (χ4n) is 1.85. The van der Waals surface area contributed by atoms with Gasteiger partial charge in [0.25, 0.3) is 0 Å². The minimum atomic E-state index is -2.96. The van der Waals surface area contributed by atoms with E-state index in [-0.39, 0.29) is 17.5 Å². The van der Waals surface area contributed by atoms with Gasteiger partial charge in [0.05, 0.1) is 17.2 Å². The number of fused-ring (bicyclic) bond motifs is 1. The van der Waals surface area contributed by atoms with Crippen LogP contribution in [0.1, 0.15) is 31.1 Å². The molecular weight excluding hydrogens is 214 g/mol. The van der Waals surface area contributed by atoms with Gasteiger partial charge in [0.1, 0.15) is 5.82 Å². The monoisotopic (exact) mass is 229 g/mol. The molecule has 2 heterocycles. The maximum atomic E-state index is 11.4. The van der Waals surface area contributed by atoms with E-state index in [1.165, 1.54) is 0 Å². The Balaban J connectivity index is 2.50. The van der Waals surface area contributed by atoms with Crippen molar-refractivity contribution in [1.82, 2.24) is 9.78 Å². The molecule has 0 saturated carbocycles. The number of anilines is 1. The minimum Gasteiger partial charge on any atom is -0.384 e. The van der Waals surface area contributed by atoms with Gasteiger partial charge in [0.15, 0.2) is 9.84 Å². The molecule has 6 heteroatoms. The summed E-state index contributed by atoms with van der Waals surface area (Å²) < 4.78 is 24.5. The second-order valence-corrected chi connectivity index (χ2v) is 6.37. The number of nitrogens with zero attached hydrogens (tertiary/aromatic N) is 2. The number of sulfone groups is 1. The Morgan fingerprint density at radius 3 is 2.73 bits per heavy atom. The second-order valence-electron chi connectivity index (χ2n) is 4.19. The van der Waals surface area contributed by atoms with Gasteiger partial charge in [0.2, 0.25) is 0 Å². The molecule has 0 aliphatic carbocycles. The smallest absolute Gasteiger partial charge is 0.156 e. The first-order valence-corrected chi connectivity index (χ1v) is 6.79. The Labute approximate surface area is 89.2 Å². The second kappa shape index (κ2) is 3.23. The molecule has 0 atom stereocenters. The van der Waals surface area contributed by atoms with Gasteiger partial charge in [-0.05, 0) is 20.3 Å². The number of rotatable bonds is 1. The van der Waals surface area contributed by atoms with Crippen LogP contribution in [0.2, 0.25) is 0 Å². The van der Waals surface area contributed by atoms with Crippen LogP contribution in [0, 0.1) is 0 Å². The highest BCUT2D eigenvalue weighted by molar-refractivity contribution is 7.90. The number of hydrogen-bond acceptors (Lipinski definition) is 4. The predicted octanol–water partition coefficient (Wildman–Crippen LogP) is 0.517. The van der Waals surface area contributed by atoms with Gasteiger partial charge in [-0.25, -0.2) is 13.1 Å². The average Bonchev–Trinajstić information content (AvgIpc) is 2.41. The molecule has 1 aromatic rings. The first-order valence-electron chi connectivity index (χ1n) is 4.97. The molecule has 0 bridgehead atoms. The highest BCUT2D eigenvalue weighted by atomic mass is 32.2. The van der Waals surface area contributed by atoms with Crippen LogP contribution >= 0.6 is 0 Å². The molecule has 5 nitrogen and oxygen atoms in total. The van der Waals surface area contributed by atoms with Crippen molar-refractivity contribution in [3.8, 4) is 0 Å². The van der Waals surface area contributed by atoms with Crippen LogP contribution < -0.4 is 5.73 Å². The van der Waals surface area contributed by atoms with Crippen molar-refractivity contribution in [3.63, 3.8) is 0 Å². The molecule has 0 amide bonds. The third-order valence-electron chi connectivity index (χ3n) is 2.64. The molecule has 2 rings (SSSR count). The zero-order valence-corrected chi connectivity index (χ0v) is 9.71. The lowest BCUT2D eigenvalue weighted by atomic mass is 10.2. The largest absolute Gasteiger partial charge is 0.384 e. The number of nitrogens with two attached hydrogens (primary N) is 1. The molecule has 0 fully saturated rings. The van der Waals surface area contributed by atoms with Crippen molar-refractivity contribution in [2.45, 2.75) is 32.1 Å². The molecule has 0 saturated heterocycles. The fraction of sp³-hybridized carbons (Fsp3) is 0.667. The summed E-state index contributed by atoms with van der Waals surface area (Å²) in [6, 6.07) is 0.165. The van der Waals surface area contributed by atoms with Crippen molar-refractivity contribution in [2.75, 3.05) is 11.5 Å². The molecule has 1 aromatic heterocycles. The van der Waals surface area contributed by atoms with Gasteiger partial charge in [-0.15, -0.1) is 0 Å². The van der Waals surface area contributed by atoms with Crippen LogP contribution in [0.3, 0.4) is 0 Å². The Bertz CT molecular complexity index is 488. The maximum Gasteiger partial charge on any atom is 0.156 e. The predicted molar refractivity (Wildman–Crippen MR) is 58.2 cm³/mol. The van der Waals surface area contributed by atoms with E-state index in [0.29, 0.717) is 17.9 Å². The summed E-state index contributed by atoms with van der Waals surface area (Å²) in [7, 11) is -2.96. The first-order chi connectivity index (χ1) is 6.91. The zero-order valence-electron chi connectivity index (χ0n) is 8.90. The van der Waals surface area contributed by atoms with Crippen LogP contribution in [0.25, 0.3) is 0 Å². The summed E-state index contributed by atoms with van der Waals surface area (Å²) in [6.45, 7) is 3.95. The van der Waals surface area contributed by atoms with Crippen LogP contribution in [0.15, 0.2) is 0 Å². The van der Waals surface area contributed by atoms with E-state index < -0.39 is 9.84 Å². The molecule has 2 N–H and O–H groups in total. The van der Waals surface area contributed by atoms with Crippen molar-refractivity contribution in [3.05, 3.63) is 11.3 Å². The van der Waals surface area contributed by atoms with E-state index in [9.17, 15) is 8.42 Å². The molecule has 84 valence electrons. The summed E-state index contributed by atoms with van der Waals surface area (Å²) in [5.41, 5.74) is 7.47. The third-order valence-corrected chi connectivity index (χ3v) is 4.18. The Hall–Kier alpha value is -1.04. The summed E-state index contributed by atoms with van der Waals surface area (Å²) in [5.74, 6) is 0.843. The maximum absolute atomic E-state index is 11.4. The average molecular weight is 229 g/mol. The molecule has 0 spiro atoms. The minimum absolute atomic E-state index is 0.0340. The molecule has 1 aliphatic rings. The van der Waals surface area contributed by atoms with Crippen LogP contribution in [0.4, 0.5) is 5.82 Å². The molecular formula is C9H15N3O2S. The van der Waals surface area contributed by atoms with E-state index in [1.54, 1.807) is 4.68 Å². The van der Waals surface area contributed by atoms with Crippen molar-refractivity contribution in [1.29, 1.82) is 0 Å². The van der Waals surface area contributed by atoms with E-state index in [1.807, 2.05) is 13.8 Å². The topological polar surface area (TPSA) is 78.0 Å². The lowest BCUT2D eigenvalue weighted by Crippen LogP contribution is -2.18. The van der Waals surface area contributed by atoms with Crippen molar-refractivity contribution < 1.29 is 8.42 Å². The first kappa shape index (κ1) is 10.5. The lowest BCUT2D eigenvalue weighted by Gasteiger charge is -2.10. The van der Waals surface area contributed by atoms with Crippen LogP contribution in [0.5, 0.6) is 0 Å². The van der Waals surface area contributed by atoms with Gasteiger partial charge in [-0.3, -0.25) is 0 Å². The molecule has 0 aromatic carbocycles. The van der Waals surface area contributed by atoms with Gasteiger partial charge in [-0.1, -0.05) is 0 Å². The third kappa shape index (κ3) is 1.73. The quantitative estimate of drug-likeness (QED) is 0.761. The van der Waals surface area contributed by atoms with E-state index in [4.69, 9.17) is 5.73 Å². The number of nitrogen functional groups attached to an aromatic ring is 1. The molecule has 0 radical (unpaired) electrons. The van der Waals surface area contributed by atoms with Crippen LogP contribution in [-0.2, 0) is 22.0 Å². The van der Waals surface area contributed by atoms with E-state index >= 15 is 0 Å². The molecule has 1 aliphatic heterocycles. The summed E-state index contributed by atoms with van der Waals surface area (Å²) in [4.78, 5) is 0. The number of aromatic nitrogens is 2. The molecule has 15 heavy (non-hydrogen) atoms. The molecule has 0 unspecified atom stereocenters. The van der Waals surface area contributed by atoms with E-state index in [2.05, 4.69) is 5.10 Å². The van der Waals surface area contributed by atoms with Crippen molar-refractivity contribution >= 4 is 15.7 Å². The highest BCUT2D eigenvalue weighted by Gasteiger charge is 2.27. The standard InChI is InChI=1S/C9H15N3O2S/c1-6(2)12-9(10)7-3-4-15(13,14)5-8(7)11-12/h6H,3-5,10H2,1-2H3. The normalized spacial score (nSPS) is 19.1. The Kier molecular flexibility index (Phi) is 2.26. The van der Waals surface area contributed by atoms with Crippen molar-refractivity contribution in [2.24, 2.45) is 0 Å². The van der Waals surface area contributed by atoms with Gasteiger partial charge < -0.3 is 5.73 Å². The fourth-order valence-corrected chi connectivity index (χ4v) is 3.16. The number of hydrogen-bond donors (Lipinski definition) is 1.